The molecule has 1 atom stereocenters. The summed E-state index contributed by atoms with van der Waals surface area (Å²) in [7, 11) is 1.26. The van der Waals surface area contributed by atoms with E-state index < -0.39 is 11.6 Å². The first-order valence-electron chi connectivity index (χ1n) is 9.20. The van der Waals surface area contributed by atoms with Gasteiger partial charge in [-0.2, -0.15) is 0 Å². The van der Waals surface area contributed by atoms with Crippen molar-refractivity contribution in [2.75, 3.05) is 13.7 Å². The van der Waals surface area contributed by atoms with Crippen molar-refractivity contribution in [1.29, 1.82) is 0 Å². The van der Waals surface area contributed by atoms with Crippen LogP contribution in [0.5, 0.6) is 5.75 Å². The summed E-state index contributed by atoms with van der Waals surface area (Å²) >= 11 is 0. The van der Waals surface area contributed by atoms with Crippen LogP contribution in [0.4, 0.5) is 0 Å². The molecule has 0 aromatic heterocycles. The van der Waals surface area contributed by atoms with Crippen molar-refractivity contribution < 1.29 is 28.8 Å². The number of methoxy groups -OCH3 is 1. The third-order valence-corrected chi connectivity index (χ3v) is 4.56. The summed E-state index contributed by atoms with van der Waals surface area (Å²) in [4.78, 5) is 12.3. The number of aliphatic hydroxyl groups is 1. The molecule has 1 aliphatic rings. The van der Waals surface area contributed by atoms with Gasteiger partial charge in [0.25, 0.3) is 0 Å². The molecule has 0 saturated heterocycles. The summed E-state index contributed by atoms with van der Waals surface area (Å²) in [6, 6.07) is 15.5. The molecule has 6 heteroatoms. The molecule has 3 rings (SSSR count). The zero-order chi connectivity index (χ0) is 19.8. The minimum Gasteiger partial charge on any atom is -0.494 e. The first kappa shape index (κ1) is 19.8. The van der Waals surface area contributed by atoms with Crippen LogP contribution in [0, 0.1) is 0 Å². The Morgan fingerprint density at radius 3 is 2.29 bits per heavy atom. The lowest BCUT2D eigenvalue weighted by atomic mass is 9.86. The van der Waals surface area contributed by atoms with Gasteiger partial charge in [-0.3, -0.25) is 0 Å². The fourth-order valence-electron chi connectivity index (χ4n) is 3.03. The molecule has 0 aliphatic carbocycles. The highest BCUT2D eigenvalue weighted by molar-refractivity contribution is 5.85. The zero-order valence-corrected chi connectivity index (χ0v) is 15.7. The predicted molar refractivity (Wildman–Crippen MR) is 102 cm³/mol. The summed E-state index contributed by atoms with van der Waals surface area (Å²) in [6.07, 6.45) is 5.50. The number of carbonyl (C=O) groups is 1. The largest absolute Gasteiger partial charge is 0.494 e. The number of benzene rings is 2. The average Bonchev–Trinajstić information content (AvgIpc) is 3.27. The van der Waals surface area contributed by atoms with Crippen molar-refractivity contribution in [3.63, 3.8) is 0 Å². The van der Waals surface area contributed by atoms with E-state index in [1.54, 1.807) is 61.1 Å². The Morgan fingerprint density at radius 2 is 1.64 bits per heavy atom. The van der Waals surface area contributed by atoms with Gasteiger partial charge in [-0.15, -0.1) is 0 Å². The number of hydrogen-bond donors (Lipinski definition) is 1. The van der Waals surface area contributed by atoms with Crippen LogP contribution < -0.4 is 4.74 Å². The van der Waals surface area contributed by atoms with Crippen LogP contribution in [0.15, 0.2) is 67.1 Å². The molecule has 0 radical (unpaired) electrons. The molecule has 1 heterocycles. The summed E-state index contributed by atoms with van der Waals surface area (Å²) in [5.74, 6) is -0.0720. The maximum absolute atomic E-state index is 12.3. The lowest BCUT2D eigenvalue weighted by Crippen LogP contribution is -2.37. The third-order valence-electron chi connectivity index (χ3n) is 4.56. The molecule has 1 N–H and O–H groups in total. The topological polar surface area (TPSA) is 74.2 Å². The average molecular weight is 384 g/mol. The molecule has 0 bridgehead atoms. The molecule has 2 aromatic carbocycles. The molecule has 0 spiro atoms. The lowest BCUT2D eigenvalue weighted by Gasteiger charge is -2.26. The number of rotatable bonds is 9. The van der Waals surface area contributed by atoms with Crippen LogP contribution in [0.3, 0.4) is 0 Å². The Bertz CT molecular complexity index is 778. The molecule has 148 valence electrons. The molecule has 1 aliphatic heterocycles. The second-order valence-corrected chi connectivity index (χ2v) is 6.41. The van der Waals surface area contributed by atoms with Gasteiger partial charge in [-0.25, -0.2) is 4.79 Å². The maximum Gasteiger partial charge on any atom is 0.347 e. The Hall–Kier alpha value is -2.99. The highest BCUT2D eigenvalue weighted by Gasteiger charge is 2.41. The maximum atomic E-state index is 12.3. The number of ether oxygens (including phenoxy) is 4. The van der Waals surface area contributed by atoms with Gasteiger partial charge in [0.2, 0.25) is 11.9 Å². The quantitative estimate of drug-likeness (QED) is 0.527. The van der Waals surface area contributed by atoms with E-state index in [0.29, 0.717) is 23.5 Å². The van der Waals surface area contributed by atoms with Gasteiger partial charge in [0, 0.05) is 6.42 Å². The molecular formula is C22H24O6. The second kappa shape index (κ2) is 9.28. The summed E-state index contributed by atoms with van der Waals surface area (Å²) < 4.78 is 21.0. The van der Waals surface area contributed by atoms with E-state index in [4.69, 9.17) is 18.9 Å². The van der Waals surface area contributed by atoms with Crippen LogP contribution >= 0.6 is 0 Å². The van der Waals surface area contributed by atoms with Gasteiger partial charge < -0.3 is 24.1 Å². The smallest absolute Gasteiger partial charge is 0.347 e. The van der Waals surface area contributed by atoms with Gasteiger partial charge in [0.05, 0.1) is 13.7 Å². The van der Waals surface area contributed by atoms with Gasteiger partial charge in [-0.1, -0.05) is 42.5 Å². The van der Waals surface area contributed by atoms with E-state index in [9.17, 15) is 9.90 Å². The second-order valence-electron chi connectivity index (χ2n) is 6.41. The number of unbranched alkanes of at least 4 members (excludes halogenated alkanes) is 1. The number of esters is 1. The SMILES string of the molecule is COC(=O)C(O)(c1ccccc1)c1ccc(OCCCCC2OC=CO2)cc1. The van der Waals surface area contributed by atoms with Crippen LogP contribution in [0.2, 0.25) is 0 Å². The summed E-state index contributed by atoms with van der Waals surface area (Å²) in [6.45, 7) is 0.555. The zero-order valence-electron chi connectivity index (χ0n) is 15.7. The van der Waals surface area contributed by atoms with Crippen molar-refractivity contribution in [1.82, 2.24) is 0 Å². The summed E-state index contributed by atoms with van der Waals surface area (Å²) in [5.41, 5.74) is -1.01. The van der Waals surface area contributed by atoms with E-state index in [1.165, 1.54) is 7.11 Å². The van der Waals surface area contributed by atoms with Crippen LogP contribution in [-0.2, 0) is 24.6 Å². The minimum absolute atomic E-state index is 0.187. The molecule has 1 unspecified atom stereocenters. The van der Waals surface area contributed by atoms with Gasteiger partial charge in [0.15, 0.2) is 0 Å². The van der Waals surface area contributed by atoms with Crippen molar-refractivity contribution in [2.24, 2.45) is 0 Å². The molecule has 28 heavy (non-hydrogen) atoms. The van der Waals surface area contributed by atoms with Crippen molar-refractivity contribution in [3.05, 3.63) is 78.2 Å². The Kier molecular flexibility index (Phi) is 6.55. The van der Waals surface area contributed by atoms with Crippen molar-refractivity contribution in [2.45, 2.75) is 31.2 Å². The molecule has 2 aromatic rings. The molecular weight excluding hydrogens is 360 g/mol. The van der Waals surface area contributed by atoms with Gasteiger partial charge in [-0.05, 0) is 36.1 Å². The van der Waals surface area contributed by atoms with E-state index in [2.05, 4.69) is 0 Å². The van der Waals surface area contributed by atoms with Gasteiger partial charge in [0.1, 0.15) is 18.3 Å². The Balaban J connectivity index is 1.59. The van der Waals surface area contributed by atoms with E-state index in [0.717, 1.165) is 19.3 Å². The van der Waals surface area contributed by atoms with Crippen molar-refractivity contribution in [3.8, 4) is 5.75 Å². The predicted octanol–water partition coefficient (Wildman–Crippen LogP) is 3.49. The number of hydrogen-bond acceptors (Lipinski definition) is 6. The Morgan fingerprint density at radius 1 is 1.00 bits per heavy atom. The lowest BCUT2D eigenvalue weighted by molar-refractivity contribution is -0.158. The summed E-state index contributed by atoms with van der Waals surface area (Å²) in [5, 5.41) is 11.1. The van der Waals surface area contributed by atoms with Crippen molar-refractivity contribution >= 4 is 5.97 Å². The highest BCUT2D eigenvalue weighted by atomic mass is 16.7. The molecule has 0 amide bonds. The monoisotopic (exact) mass is 384 g/mol. The van der Waals surface area contributed by atoms with E-state index in [1.807, 2.05) is 6.07 Å². The van der Waals surface area contributed by atoms with E-state index in [-0.39, 0.29) is 6.29 Å². The number of carbonyl (C=O) groups excluding carboxylic acids is 1. The van der Waals surface area contributed by atoms with Crippen LogP contribution in [0.1, 0.15) is 30.4 Å². The minimum atomic E-state index is -1.87. The van der Waals surface area contributed by atoms with Gasteiger partial charge >= 0.3 is 5.97 Å². The Labute approximate surface area is 164 Å². The standard InChI is InChI=1S/C22H24O6/c1-25-21(23)22(24,17-7-3-2-4-8-17)18-10-12-19(13-11-18)26-14-6-5-9-20-27-15-16-28-20/h2-4,7-8,10-13,15-16,20,24H,5-6,9,14H2,1H3. The molecule has 0 saturated carbocycles. The first-order chi connectivity index (χ1) is 13.6. The first-order valence-corrected chi connectivity index (χ1v) is 9.20. The fourth-order valence-corrected chi connectivity index (χ4v) is 3.03. The molecule has 0 fully saturated rings. The van der Waals surface area contributed by atoms with Crippen LogP contribution in [-0.4, -0.2) is 31.1 Å². The van der Waals surface area contributed by atoms with E-state index >= 15 is 0 Å². The highest BCUT2D eigenvalue weighted by Crippen LogP contribution is 2.32. The van der Waals surface area contributed by atoms with Crippen LogP contribution in [0.25, 0.3) is 0 Å². The fraction of sp³-hybridized carbons (Fsp3) is 0.318. The normalized spacial score (nSPS) is 15.4. The third kappa shape index (κ3) is 4.46. The molecule has 6 nitrogen and oxygen atoms in total.